The number of benzene rings is 1. The Morgan fingerprint density at radius 1 is 1.36 bits per heavy atom. The average molecular weight is 204 g/mol. The summed E-state index contributed by atoms with van der Waals surface area (Å²) in [5.74, 6) is 0. The largest absolute Gasteiger partial charge is 0.389 e. The summed E-state index contributed by atoms with van der Waals surface area (Å²) < 4.78 is 0. The predicted molar refractivity (Wildman–Crippen MR) is 63.7 cm³/mol. The van der Waals surface area contributed by atoms with Crippen LogP contribution in [0.1, 0.15) is 16.8 Å². The molecule has 0 amide bonds. The molecule has 14 heavy (non-hydrogen) atoms. The van der Waals surface area contributed by atoms with Gasteiger partial charge in [-0.25, -0.2) is 0 Å². The zero-order valence-electron chi connectivity index (χ0n) is 8.22. The normalized spacial score (nSPS) is 10.7. The lowest BCUT2D eigenvalue weighted by Gasteiger charge is -1.98. The van der Waals surface area contributed by atoms with Crippen molar-refractivity contribution < 1.29 is 0 Å². The van der Waals surface area contributed by atoms with Gasteiger partial charge in [-0.05, 0) is 37.6 Å². The van der Waals surface area contributed by atoms with E-state index in [9.17, 15) is 0 Å². The van der Waals surface area contributed by atoms with Crippen LogP contribution in [0.5, 0.6) is 0 Å². The van der Waals surface area contributed by atoms with Gasteiger partial charge in [-0.1, -0.05) is 12.2 Å². The molecular weight excluding hydrogens is 192 g/mol. The summed E-state index contributed by atoms with van der Waals surface area (Å²) in [5, 5.41) is 1.20. The van der Waals surface area contributed by atoms with Gasteiger partial charge in [0.05, 0.1) is 0 Å². The lowest BCUT2D eigenvalue weighted by molar-refractivity contribution is 1.25. The summed E-state index contributed by atoms with van der Waals surface area (Å²) in [5.41, 5.74) is 10.1. The first kappa shape index (κ1) is 9.21. The van der Waals surface area contributed by atoms with Crippen LogP contribution in [-0.4, -0.2) is 9.97 Å². The fourth-order valence-corrected chi connectivity index (χ4v) is 1.74. The van der Waals surface area contributed by atoms with E-state index in [0.29, 0.717) is 4.99 Å². The van der Waals surface area contributed by atoms with E-state index in [-0.39, 0.29) is 0 Å². The van der Waals surface area contributed by atoms with Gasteiger partial charge in [0, 0.05) is 22.2 Å². The Labute approximate surface area is 88.1 Å². The number of nitrogens with one attached hydrogen (secondary N) is 1. The van der Waals surface area contributed by atoms with E-state index in [0.717, 1.165) is 11.1 Å². The second-order valence-corrected chi connectivity index (χ2v) is 3.94. The number of hydrogen-bond acceptors (Lipinski definition) is 1. The first-order valence-electron chi connectivity index (χ1n) is 4.48. The van der Waals surface area contributed by atoms with Crippen molar-refractivity contribution in [2.75, 3.05) is 0 Å². The van der Waals surface area contributed by atoms with Crippen LogP contribution in [0.15, 0.2) is 18.2 Å². The minimum atomic E-state index is 0.449. The van der Waals surface area contributed by atoms with Gasteiger partial charge in [0.15, 0.2) is 0 Å². The highest BCUT2D eigenvalue weighted by Gasteiger charge is 2.05. The number of fused-ring (bicyclic) bond motifs is 1. The number of H-pyrrole nitrogens is 1. The Hall–Kier alpha value is -1.35. The monoisotopic (exact) mass is 204 g/mol. The highest BCUT2D eigenvalue weighted by atomic mass is 32.1. The van der Waals surface area contributed by atoms with Crippen LogP contribution in [0, 0.1) is 13.8 Å². The summed E-state index contributed by atoms with van der Waals surface area (Å²) in [6.07, 6.45) is 0. The van der Waals surface area contributed by atoms with Gasteiger partial charge in [-0.2, -0.15) is 0 Å². The number of aryl methyl sites for hydroxylation is 2. The molecule has 1 heterocycles. The summed E-state index contributed by atoms with van der Waals surface area (Å²) >= 11 is 4.94. The molecule has 0 aliphatic heterocycles. The van der Waals surface area contributed by atoms with Crippen LogP contribution in [0.3, 0.4) is 0 Å². The van der Waals surface area contributed by atoms with Crippen molar-refractivity contribution in [3.8, 4) is 0 Å². The van der Waals surface area contributed by atoms with Crippen LogP contribution in [0.25, 0.3) is 10.9 Å². The van der Waals surface area contributed by atoms with E-state index in [1.54, 1.807) is 0 Å². The van der Waals surface area contributed by atoms with E-state index < -0.39 is 0 Å². The predicted octanol–water partition coefficient (Wildman–Crippen LogP) is 2.42. The van der Waals surface area contributed by atoms with Crippen LogP contribution in [0.4, 0.5) is 0 Å². The van der Waals surface area contributed by atoms with Crippen molar-refractivity contribution in [3.05, 3.63) is 35.0 Å². The van der Waals surface area contributed by atoms with Crippen LogP contribution in [0.2, 0.25) is 0 Å². The molecule has 0 bridgehead atoms. The maximum Gasteiger partial charge on any atom is 0.104 e. The molecule has 0 spiro atoms. The molecule has 0 aliphatic rings. The van der Waals surface area contributed by atoms with Crippen molar-refractivity contribution in [1.29, 1.82) is 0 Å². The Morgan fingerprint density at radius 2 is 2.07 bits per heavy atom. The maximum atomic E-state index is 5.58. The average Bonchev–Trinajstić information content (AvgIpc) is 2.43. The third kappa shape index (κ3) is 1.30. The molecule has 0 unspecified atom stereocenters. The Kier molecular flexibility index (Phi) is 2.04. The molecule has 0 saturated carbocycles. The molecule has 1 aromatic heterocycles. The van der Waals surface area contributed by atoms with Gasteiger partial charge >= 0.3 is 0 Å². The lowest BCUT2D eigenvalue weighted by atomic mass is 10.1. The van der Waals surface area contributed by atoms with Gasteiger partial charge in [-0.3, -0.25) is 0 Å². The number of rotatable bonds is 1. The zero-order chi connectivity index (χ0) is 10.3. The second-order valence-electron chi connectivity index (χ2n) is 3.50. The van der Waals surface area contributed by atoms with E-state index in [1.807, 2.05) is 18.2 Å². The van der Waals surface area contributed by atoms with Gasteiger partial charge in [-0.15, -0.1) is 0 Å². The lowest BCUT2D eigenvalue weighted by Crippen LogP contribution is -2.08. The molecule has 0 aliphatic carbocycles. The number of aromatic amines is 1. The molecule has 3 N–H and O–H groups in total. The Morgan fingerprint density at radius 3 is 2.71 bits per heavy atom. The van der Waals surface area contributed by atoms with E-state index in [1.165, 1.54) is 16.6 Å². The molecule has 2 nitrogen and oxygen atoms in total. The minimum absolute atomic E-state index is 0.449. The number of thiocarbonyl (C=S) groups is 1. The Bertz CT molecular complexity index is 511. The van der Waals surface area contributed by atoms with E-state index >= 15 is 0 Å². The van der Waals surface area contributed by atoms with Gasteiger partial charge in [0.1, 0.15) is 4.99 Å². The molecule has 0 radical (unpaired) electrons. The summed E-state index contributed by atoms with van der Waals surface area (Å²) in [6, 6.07) is 6.00. The van der Waals surface area contributed by atoms with Crippen LogP contribution < -0.4 is 5.73 Å². The van der Waals surface area contributed by atoms with Gasteiger partial charge in [0.2, 0.25) is 0 Å². The van der Waals surface area contributed by atoms with Crippen molar-refractivity contribution in [2.45, 2.75) is 13.8 Å². The second kappa shape index (κ2) is 3.10. The molecule has 1 aromatic carbocycles. The molecule has 2 rings (SSSR count). The van der Waals surface area contributed by atoms with Gasteiger partial charge in [0.25, 0.3) is 0 Å². The van der Waals surface area contributed by atoms with Crippen LogP contribution >= 0.6 is 12.2 Å². The fraction of sp³-hybridized carbons (Fsp3) is 0.182. The summed E-state index contributed by atoms with van der Waals surface area (Å²) in [4.78, 5) is 3.76. The highest BCUT2D eigenvalue weighted by Crippen LogP contribution is 2.22. The topological polar surface area (TPSA) is 41.8 Å². The van der Waals surface area contributed by atoms with Crippen molar-refractivity contribution in [2.24, 2.45) is 5.73 Å². The third-order valence-electron chi connectivity index (χ3n) is 2.59. The van der Waals surface area contributed by atoms with E-state index in [2.05, 4.69) is 18.8 Å². The smallest absolute Gasteiger partial charge is 0.104 e. The standard InChI is InChI=1S/C11H12N2S/c1-6-7(2)13-10-4-3-8(11(12)14)5-9(6)10/h3-5,13H,1-2H3,(H2,12,14). The first-order valence-corrected chi connectivity index (χ1v) is 4.89. The SMILES string of the molecule is Cc1[nH]c2ccc(C(N)=S)cc2c1C. The quantitative estimate of drug-likeness (QED) is 0.700. The summed E-state index contributed by atoms with van der Waals surface area (Å²) in [6.45, 7) is 4.16. The van der Waals surface area contributed by atoms with Crippen LogP contribution in [-0.2, 0) is 0 Å². The maximum absolute atomic E-state index is 5.58. The number of nitrogens with two attached hydrogens (primary N) is 1. The fourth-order valence-electron chi connectivity index (χ4n) is 1.61. The molecule has 2 aromatic rings. The molecule has 3 heteroatoms. The number of hydrogen-bond donors (Lipinski definition) is 2. The highest BCUT2D eigenvalue weighted by molar-refractivity contribution is 7.80. The zero-order valence-corrected chi connectivity index (χ0v) is 9.03. The summed E-state index contributed by atoms with van der Waals surface area (Å²) in [7, 11) is 0. The Balaban J connectivity index is 2.76. The molecule has 72 valence electrons. The third-order valence-corrected chi connectivity index (χ3v) is 2.83. The molecule has 0 atom stereocenters. The van der Waals surface area contributed by atoms with E-state index in [4.69, 9.17) is 18.0 Å². The van der Waals surface area contributed by atoms with Crippen molar-refractivity contribution in [3.63, 3.8) is 0 Å². The first-order chi connectivity index (χ1) is 6.59. The van der Waals surface area contributed by atoms with Gasteiger partial charge < -0.3 is 10.7 Å². The molecule has 0 fully saturated rings. The molecule has 0 saturated heterocycles. The van der Waals surface area contributed by atoms with Crippen molar-refractivity contribution >= 4 is 28.1 Å². The number of aromatic nitrogens is 1. The minimum Gasteiger partial charge on any atom is -0.389 e. The molecular formula is C11H12N2S. The van der Waals surface area contributed by atoms with Crippen molar-refractivity contribution in [1.82, 2.24) is 4.98 Å².